The zero-order valence-corrected chi connectivity index (χ0v) is 16.0. The second kappa shape index (κ2) is 8.24. The summed E-state index contributed by atoms with van der Waals surface area (Å²) in [4.78, 5) is 35.7. The Morgan fingerprint density at radius 3 is 2.64 bits per heavy atom. The summed E-state index contributed by atoms with van der Waals surface area (Å²) in [6.07, 6.45) is 1.45. The fourth-order valence-corrected chi connectivity index (χ4v) is 3.61. The van der Waals surface area contributed by atoms with Crippen molar-refractivity contribution in [2.24, 2.45) is 5.92 Å². The van der Waals surface area contributed by atoms with Crippen molar-refractivity contribution in [3.8, 4) is 0 Å². The second-order valence-electron chi connectivity index (χ2n) is 6.00. The van der Waals surface area contributed by atoms with Crippen LogP contribution in [0.2, 0.25) is 0 Å². The highest BCUT2D eigenvalue weighted by atomic mass is 32.1. The quantitative estimate of drug-likeness (QED) is 0.698. The van der Waals surface area contributed by atoms with Crippen molar-refractivity contribution < 1.29 is 19.1 Å². The van der Waals surface area contributed by atoms with Gasteiger partial charge in [0, 0.05) is 6.54 Å². The normalized spacial score (nSPS) is 11.0. The van der Waals surface area contributed by atoms with Gasteiger partial charge in [-0.05, 0) is 25.3 Å². The van der Waals surface area contributed by atoms with Gasteiger partial charge >= 0.3 is 11.9 Å². The molecule has 0 aliphatic heterocycles. The topological polar surface area (TPSA) is 81.6 Å². The Bertz CT molecular complexity index is 773. The van der Waals surface area contributed by atoms with E-state index in [0.717, 1.165) is 10.9 Å². The lowest BCUT2D eigenvalue weighted by Crippen LogP contribution is -2.34. The Hall–Kier alpha value is -2.22. The van der Waals surface area contributed by atoms with E-state index in [9.17, 15) is 9.59 Å². The molecular weight excluding hydrogens is 342 g/mol. The molecule has 2 rings (SSSR count). The molecule has 8 heteroatoms. The van der Waals surface area contributed by atoms with Gasteiger partial charge in [-0.15, -0.1) is 11.3 Å². The molecule has 25 heavy (non-hydrogen) atoms. The van der Waals surface area contributed by atoms with E-state index >= 15 is 0 Å². The van der Waals surface area contributed by atoms with Crippen LogP contribution in [0.5, 0.6) is 0 Å². The number of anilines is 1. The Labute approximate surface area is 151 Å². The number of carbonyl (C=O) groups excluding carboxylic acids is 2. The molecule has 2 heterocycles. The van der Waals surface area contributed by atoms with E-state index in [-0.39, 0.29) is 18.5 Å². The molecule has 7 nitrogen and oxygen atoms in total. The third-order valence-electron chi connectivity index (χ3n) is 3.60. The van der Waals surface area contributed by atoms with Crippen molar-refractivity contribution >= 4 is 39.3 Å². The number of methoxy groups -OCH3 is 1. The maximum atomic E-state index is 12.2. The summed E-state index contributed by atoms with van der Waals surface area (Å²) in [6, 6.07) is 0. The number of esters is 2. The van der Waals surface area contributed by atoms with E-state index < -0.39 is 0 Å². The maximum Gasteiger partial charge on any atom is 0.348 e. The average Bonchev–Trinajstić information content (AvgIpc) is 2.91. The van der Waals surface area contributed by atoms with E-state index in [4.69, 9.17) is 9.47 Å². The van der Waals surface area contributed by atoms with Crippen molar-refractivity contribution in [2.45, 2.75) is 27.7 Å². The third kappa shape index (κ3) is 4.25. The largest absolute Gasteiger partial charge is 0.468 e. The second-order valence-corrected chi connectivity index (χ2v) is 7.00. The van der Waals surface area contributed by atoms with Crippen LogP contribution in [-0.4, -0.2) is 48.7 Å². The molecule has 136 valence electrons. The zero-order valence-electron chi connectivity index (χ0n) is 15.2. The van der Waals surface area contributed by atoms with E-state index in [1.54, 1.807) is 6.92 Å². The lowest BCUT2D eigenvalue weighted by atomic mass is 10.1. The number of fused-ring (bicyclic) bond motifs is 1. The zero-order chi connectivity index (χ0) is 18.6. The molecule has 2 aromatic rings. The molecule has 2 aromatic heterocycles. The highest BCUT2D eigenvalue weighted by molar-refractivity contribution is 7.20. The SMILES string of the molecule is CCOC(=O)c1sc2ncnc(N(CC(=O)OC)CC(C)C)c2c1C. The molecule has 0 atom stereocenters. The maximum absolute atomic E-state index is 12.2. The molecule has 0 bridgehead atoms. The predicted octanol–water partition coefficient (Wildman–Crippen LogP) is 2.81. The number of aryl methyl sites for hydroxylation is 1. The predicted molar refractivity (Wildman–Crippen MR) is 97.2 cm³/mol. The fourth-order valence-electron chi connectivity index (χ4n) is 2.57. The standard InChI is InChI=1S/C17H23N3O4S/c1-6-24-17(22)14-11(4)13-15(18-9-19-16(13)25-14)20(7-10(2)3)8-12(21)23-5/h9-10H,6-8H2,1-5H3. The number of carbonyl (C=O) groups is 2. The summed E-state index contributed by atoms with van der Waals surface area (Å²) >= 11 is 1.28. The summed E-state index contributed by atoms with van der Waals surface area (Å²) in [7, 11) is 1.36. The first-order chi connectivity index (χ1) is 11.9. The number of hydrogen-bond acceptors (Lipinski definition) is 8. The highest BCUT2D eigenvalue weighted by Crippen LogP contribution is 2.35. The van der Waals surface area contributed by atoms with Crippen LogP contribution in [0, 0.1) is 12.8 Å². The molecule has 0 saturated carbocycles. The number of aromatic nitrogens is 2. The molecule has 0 aliphatic rings. The van der Waals surface area contributed by atoms with Crippen LogP contribution in [0.1, 0.15) is 36.0 Å². The number of hydrogen-bond donors (Lipinski definition) is 0. The van der Waals surface area contributed by atoms with E-state index in [2.05, 4.69) is 23.8 Å². The first kappa shape index (κ1) is 19.1. The van der Waals surface area contributed by atoms with Gasteiger partial charge in [0.2, 0.25) is 0 Å². The number of nitrogens with zero attached hydrogens (tertiary/aromatic N) is 3. The summed E-state index contributed by atoms with van der Waals surface area (Å²) in [6.45, 7) is 8.78. The van der Waals surface area contributed by atoms with Crippen LogP contribution in [0.4, 0.5) is 5.82 Å². The van der Waals surface area contributed by atoms with Crippen LogP contribution < -0.4 is 4.90 Å². The van der Waals surface area contributed by atoms with Crippen molar-refractivity contribution in [1.82, 2.24) is 9.97 Å². The minimum atomic E-state index is -0.364. The number of thiophene rings is 1. The van der Waals surface area contributed by atoms with Gasteiger partial charge in [-0.3, -0.25) is 4.79 Å². The molecule has 0 unspecified atom stereocenters. The summed E-state index contributed by atoms with van der Waals surface area (Å²) in [5.74, 6) is 0.245. The molecule has 0 spiro atoms. The van der Waals surface area contributed by atoms with Crippen LogP contribution in [0.15, 0.2) is 6.33 Å². The molecule has 0 amide bonds. The molecule has 0 saturated heterocycles. The van der Waals surface area contributed by atoms with Gasteiger partial charge in [-0.1, -0.05) is 13.8 Å². The van der Waals surface area contributed by atoms with Crippen LogP contribution in [0.25, 0.3) is 10.2 Å². The highest BCUT2D eigenvalue weighted by Gasteiger charge is 2.24. The molecule has 0 aliphatic carbocycles. The first-order valence-electron chi connectivity index (χ1n) is 8.11. The first-order valence-corrected chi connectivity index (χ1v) is 8.93. The molecule has 0 aromatic carbocycles. The number of ether oxygens (including phenoxy) is 2. The average molecular weight is 365 g/mol. The third-order valence-corrected chi connectivity index (χ3v) is 4.78. The lowest BCUT2D eigenvalue weighted by Gasteiger charge is -2.25. The summed E-state index contributed by atoms with van der Waals surface area (Å²) in [5.41, 5.74) is 0.771. The van der Waals surface area contributed by atoms with Gasteiger partial charge in [0.25, 0.3) is 0 Å². The summed E-state index contributed by atoms with van der Waals surface area (Å²) < 4.78 is 9.93. The Morgan fingerprint density at radius 1 is 1.32 bits per heavy atom. The number of rotatable bonds is 7. The minimum Gasteiger partial charge on any atom is -0.468 e. The van der Waals surface area contributed by atoms with Gasteiger partial charge < -0.3 is 14.4 Å². The minimum absolute atomic E-state index is 0.0881. The lowest BCUT2D eigenvalue weighted by molar-refractivity contribution is -0.139. The fraction of sp³-hybridized carbons (Fsp3) is 0.529. The van der Waals surface area contributed by atoms with Gasteiger partial charge in [0.15, 0.2) is 0 Å². The van der Waals surface area contributed by atoms with Crippen molar-refractivity contribution in [2.75, 3.05) is 31.7 Å². The molecule has 0 fully saturated rings. The van der Waals surface area contributed by atoms with E-state index in [1.807, 2.05) is 11.8 Å². The Kier molecular flexibility index (Phi) is 6.30. The van der Waals surface area contributed by atoms with Gasteiger partial charge in [-0.25, -0.2) is 14.8 Å². The summed E-state index contributed by atoms with van der Waals surface area (Å²) in [5, 5.41) is 0.778. The van der Waals surface area contributed by atoms with Crippen molar-refractivity contribution in [1.29, 1.82) is 0 Å². The van der Waals surface area contributed by atoms with Crippen molar-refractivity contribution in [3.05, 3.63) is 16.8 Å². The Balaban J connectivity index is 2.54. The van der Waals surface area contributed by atoms with Gasteiger partial charge in [-0.2, -0.15) is 0 Å². The van der Waals surface area contributed by atoms with Crippen LogP contribution >= 0.6 is 11.3 Å². The van der Waals surface area contributed by atoms with Crippen LogP contribution in [0.3, 0.4) is 0 Å². The Morgan fingerprint density at radius 2 is 2.04 bits per heavy atom. The van der Waals surface area contributed by atoms with Crippen LogP contribution in [-0.2, 0) is 14.3 Å². The molecule has 0 N–H and O–H groups in total. The monoisotopic (exact) mass is 365 g/mol. The van der Waals surface area contributed by atoms with Gasteiger partial charge in [0.1, 0.15) is 28.4 Å². The van der Waals surface area contributed by atoms with Gasteiger partial charge in [0.05, 0.1) is 19.1 Å². The van der Waals surface area contributed by atoms with E-state index in [1.165, 1.54) is 24.8 Å². The molecule has 0 radical (unpaired) electrons. The van der Waals surface area contributed by atoms with Crippen molar-refractivity contribution in [3.63, 3.8) is 0 Å². The van der Waals surface area contributed by atoms with E-state index in [0.29, 0.717) is 34.6 Å². The smallest absolute Gasteiger partial charge is 0.348 e. The molecular formula is C17H23N3O4S.